The van der Waals surface area contributed by atoms with Crippen molar-refractivity contribution in [2.75, 3.05) is 35.6 Å². The first-order valence-corrected chi connectivity index (χ1v) is 12.5. The fourth-order valence-electron chi connectivity index (χ4n) is 4.62. The summed E-state index contributed by atoms with van der Waals surface area (Å²) in [7, 11) is 0. The average Bonchev–Trinajstić information content (AvgIpc) is 3.08. The molecule has 7 nitrogen and oxygen atoms in total. The minimum absolute atomic E-state index is 0.430. The third-order valence-corrected chi connectivity index (χ3v) is 7.04. The standard InChI is InChI=1S/C23H34BrN7/c1-2-31-15-9-12-18(31)16-25-21-28-22(26-17-10-5-3-4-6-11-17)30-23(29-21)27-20-14-8-7-13-19(20)24/h7-8,13-14,17-18H,2-6,9-12,15-16H2,1H3,(H3,25,26,27,28,29,30). The van der Waals surface area contributed by atoms with Crippen LogP contribution in [0.1, 0.15) is 58.3 Å². The minimum atomic E-state index is 0.430. The molecule has 0 radical (unpaired) electrons. The molecule has 1 unspecified atom stereocenters. The fourth-order valence-corrected chi connectivity index (χ4v) is 5.00. The van der Waals surface area contributed by atoms with E-state index in [0.29, 0.717) is 29.9 Å². The molecule has 0 spiro atoms. The summed E-state index contributed by atoms with van der Waals surface area (Å²) in [6.45, 7) is 5.36. The van der Waals surface area contributed by atoms with Gasteiger partial charge in [-0.2, -0.15) is 15.0 Å². The van der Waals surface area contributed by atoms with Crippen LogP contribution >= 0.6 is 15.9 Å². The van der Waals surface area contributed by atoms with Crippen LogP contribution in [0.15, 0.2) is 28.7 Å². The predicted octanol–water partition coefficient (Wildman–Crippen LogP) is 5.41. The number of hydrogen-bond donors (Lipinski definition) is 3. The lowest BCUT2D eigenvalue weighted by atomic mass is 10.1. The van der Waals surface area contributed by atoms with Crippen LogP contribution in [0.3, 0.4) is 0 Å². The molecule has 0 bridgehead atoms. The zero-order chi connectivity index (χ0) is 21.5. The SMILES string of the molecule is CCN1CCCC1CNc1nc(Nc2ccccc2Br)nc(NC2CCCCCC2)n1. The summed E-state index contributed by atoms with van der Waals surface area (Å²) < 4.78 is 0.979. The number of aromatic nitrogens is 3. The molecule has 1 aliphatic heterocycles. The van der Waals surface area contributed by atoms with E-state index in [-0.39, 0.29) is 0 Å². The maximum Gasteiger partial charge on any atom is 0.233 e. The summed E-state index contributed by atoms with van der Waals surface area (Å²) in [5.74, 6) is 1.83. The summed E-state index contributed by atoms with van der Waals surface area (Å²) in [5.41, 5.74) is 0.938. The second-order valence-corrected chi connectivity index (χ2v) is 9.40. The van der Waals surface area contributed by atoms with Crippen molar-refractivity contribution in [2.45, 2.75) is 70.4 Å². The number of anilines is 4. The Bertz CT molecular complexity index is 838. The number of nitrogens with one attached hydrogen (secondary N) is 3. The van der Waals surface area contributed by atoms with E-state index in [1.165, 1.54) is 57.9 Å². The number of benzene rings is 1. The molecule has 1 aromatic carbocycles. The maximum absolute atomic E-state index is 4.72. The van der Waals surface area contributed by atoms with Gasteiger partial charge in [-0.1, -0.05) is 44.7 Å². The quantitative estimate of drug-likeness (QED) is 0.429. The highest BCUT2D eigenvalue weighted by Crippen LogP contribution is 2.26. The van der Waals surface area contributed by atoms with Gasteiger partial charge in [0.15, 0.2) is 0 Å². The van der Waals surface area contributed by atoms with Crippen LogP contribution in [0, 0.1) is 0 Å². The topological polar surface area (TPSA) is 78.0 Å². The van der Waals surface area contributed by atoms with Crippen molar-refractivity contribution in [2.24, 2.45) is 0 Å². The van der Waals surface area contributed by atoms with Gasteiger partial charge in [-0.05, 0) is 66.8 Å². The first kappa shape index (κ1) is 22.3. The van der Waals surface area contributed by atoms with Crippen LogP contribution < -0.4 is 16.0 Å². The second kappa shape index (κ2) is 11.1. The average molecular weight is 488 g/mol. The van der Waals surface area contributed by atoms with Crippen LogP contribution in [0.5, 0.6) is 0 Å². The van der Waals surface area contributed by atoms with Gasteiger partial charge < -0.3 is 16.0 Å². The van der Waals surface area contributed by atoms with Crippen LogP contribution in [-0.4, -0.2) is 51.6 Å². The predicted molar refractivity (Wildman–Crippen MR) is 131 cm³/mol. The van der Waals surface area contributed by atoms with Crippen LogP contribution in [0.25, 0.3) is 0 Å². The van der Waals surface area contributed by atoms with Gasteiger partial charge in [-0.25, -0.2) is 0 Å². The Balaban J connectivity index is 1.51. The molecule has 1 saturated carbocycles. The zero-order valence-corrected chi connectivity index (χ0v) is 20.0. The molecule has 0 amide bonds. The van der Waals surface area contributed by atoms with E-state index >= 15 is 0 Å². The van der Waals surface area contributed by atoms with Gasteiger partial charge in [0, 0.05) is 23.1 Å². The Morgan fingerprint density at radius 1 is 0.935 bits per heavy atom. The minimum Gasteiger partial charge on any atom is -0.352 e. The van der Waals surface area contributed by atoms with Crippen molar-refractivity contribution in [1.82, 2.24) is 19.9 Å². The third-order valence-electron chi connectivity index (χ3n) is 6.35. The molecule has 1 aliphatic carbocycles. The Morgan fingerprint density at radius 2 is 1.68 bits per heavy atom. The number of halogens is 1. The Hall–Kier alpha value is -1.93. The molecular formula is C23H34BrN7. The van der Waals surface area contributed by atoms with Crippen molar-refractivity contribution in [1.29, 1.82) is 0 Å². The maximum atomic E-state index is 4.72. The zero-order valence-electron chi connectivity index (χ0n) is 18.4. The van der Waals surface area contributed by atoms with Gasteiger partial charge in [-0.15, -0.1) is 0 Å². The number of likely N-dealkylation sites (N-methyl/N-ethyl adjacent to an activating group) is 1. The van der Waals surface area contributed by atoms with Crippen molar-refractivity contribution in [3.63, 3.8) is 0 Å². The van der Waals surface area contributed by atoms with E-state index in [4.69, 9.17) is 4.98 Å². The molecule has 1 aromatic heterocycles. The van der Waals surface area contributed by atoms with Gasteiger partial charge >= 0.3 is 0 Å². The molecule has 2 fully saturated rings. The molecule has 3 N–H and O–H groups in total. The number of rotatable bonds is 8. The molecule has 2 aromatic rings. The van der Waals surface area contributed by atoms with E-state index in [0.717, 1.165) is 23.2 Å². The van der Waals surface area contributed by atoms with Crippen molar-refractivity contribution >= 4 is 39.5 Å². The Kier molecular flexibility index (Phi) is 7.97. The highest BCUT2D eigenvalue weighted by atomic mass is 79.9. The normalized spacial score (nSPS) is 20.4. The largest absolute Gasteiger partial charge is 0.352 e. The third kappa shape index (κ3) is 6.29. The molecule has 1 saturated heterocycles. The summed E-state index contributed by atoms with van der Waals surface area (Å²) in [5, 5.41) is 10.4. The Morgan fingerprint density at radius 3 is 2.45 bits per heavy atom. The number of nitrogens with zero attached hydrogens (tertiary/aromatic N) is 4. The van der Waals surface area contributed by atoms with E-state index in [1.54, 1.807) is 0 Å². The molecular weight excluding hydrogens is 454 g/mol. The Labute approximate surface area is 194 Å². The van der Waals surface area contributed by atoms with Gasteiger partial charge in [0.25, 0.3) is 0 Å². The van der Waals surface area contributed by atoms with Crippen LogP contribution in [-0.2, 0) is 0 Å². The number of para-hydroxylation sites is 1. The summed E-state index contributed by atoms with van der Waals surface area (Å²) in [6, 6.07) is 8.98. The lowest BCUT2D eigenvalue weighted by Gasteiger charge is -2.23. The van der Waals surface area contributed by atoms with Gasteiger partial charge in [-0.3, -0.25) is 4.90 Å². The number of hydrogen-bond acceptors (Lipinski definition) is 7. The first-order valence-electron chi connectivity index (χ1n) is 11.7. The molecule has 1 atom stereocenters. The fraction of sp³-hybridized carbons (Fsp3) is 0.609. The summed E-state index contributed by atoms with van der Waals surface area (Å²) in [6.07, 6.45) is 10.0. The first-order chi connectivity index (χ1) is 15.2. The van der Waals surface area contributed by atoms with E-state index in [2.05, 4.69) is 53.7 Å². The number of likely N-dealkylation sites (tertiary alicyclic amines) is 1. The molecule has 8 heteroatoms. The second-order valence-electron chi connectivity index (χ2n) is 8.55. The lowest BCUT2D eigenvalue weighted by molar-refractivity contribution is 0.277. The highest BCUT2D eigenvalue weighted by molar-refractivity contribution is 9.10. The lowest BCUT2D eigenvalue weighted by Crippen LogP contribution is -2.35. The van der Waals surface area contributed by atoms with E-state index in [1.807, 2.05) is 24.3 Å². The van der Waals surface area contributed by atoms with Gasteiger partial charge in [0.1, 0.15) is 0 Å². The monoisotopic (exact) mass is 487 g/mol. The summed E-state index contributed by atoms with van der Waals surface area (Å²) >= 11 is 3.60. The van der Waals surface area contributed by atoms with Crippen molar-refractivity contribution < 1.29 is 0 Å². The van der Waals surface area contributed by atoms with Crippen LogP contribution in [0.4, 0.5) is 23.5 Å². The molecule has 31 heavy (non-hydrogen) atoms. The molecule has 2 aliphatic rings. The van der Waals surface area contributed by atoms with Gasteiger partial charge in [0.05, 0.1) is 5.69 Å². The molecule has 4 rings (SSSR count). The smallest absolute Gasteiger partial charge is 0.233 e. The van der Waals surface area contributed by atoms with Crippen molar-refractivity contribution in [3.8, 4) is 0 Å². The van der Waals surface area contributed by atoms with Gasteiger partial charge in [0.2, 0.25) is 17.8 Å². The summed E-state index contributed by atoms with van der Waals surface area (Å²) in [4.78, 5) is 16.6. The highest BCUT2D eigenvalue weighted by Gasteiger charge is 2.23. The molecule has 168 valence electrons. The van der Waals surface area contributed by atoms with Crippen molar-refractivity contribution in [3.05, 3.63) is 28.7 Å². The van der Waals surface area contributed by atoms with E-state index < -0.39 is 0 Å². The molecule has 2 heterocycles. The van der Waals surface area contributed by atoms with Crippen LogP contribution in [0.2, 0.25) is 0 Å². The van der Waals surface area contributed by atoms with E-state index in [9.17, 15) is 0 Å².